The van der Waals surface area contributed by atoms with E-state index in [-0.39, 0.29) is 17.5 Å². The van der Waals surface area contributed by atoms with Gasteiger partial charge in [0, 0.05) is 0 Å². The van der Waals surface area contributed by atoms with Crippen molar-refractivity contribution in [3.05, 3.63) is 62.3 Å². The molecule has 2 aromatic carbocycles. The van der Waals surface area contributed by atoms with E-state index in [1.807, 2.05) is 22.6 Å². The second-order valence-corrected chi connectivity index (χ2v) is 6.86. The van der Waals surface area contributed by atoms with E-state index >= 15 is 0 Å². The van der Waals surface area contributed by atoms with Gasteiger partial charge in [-0.3, -0.25) is 4.79 Å². The highest BCUT2D eigenvalue weighted by molar-refractivity contribution is 14.1. The molecule has 2 N–H and O–H groups in total. The minimum atomic E-state index is -0.334. The summed E-state index contributed by atoms with van der Waals surface area (Å²) in [7, 11) is 0. The summed E-state index contributed by atoms with van der Waals surface area (Å²) in [6.07, 6.45) is 1.73. The first-order valence-electron chi connectivity index (χ1n) is 6.55. The fraction of sp³-hybridized carbons (Fsp3) is 0. The number of amides is 1. The minimum Gasteiger partial charge on any atom is -0.507 e. The summed E-state index contributed by atoms with van der Waals surface area (Å²) in [6.45, 7) is 0. The van der Waals surface area contributed by atoms with Crippen LogP contribution in [0.4, 0.5) is 10.1 Å². The zero-order chi connectivity index (χ0) is 16.4. The van der Waals surface area contributed by atoms with Gasteiger partial charge in [0.05, 0.1) is 14.2 Å². The van der Waals surface area contributed by atoms with E-state index in [0.29, 0.717) is 19.3 Å². The summed E-state index contributed by atoms with van der Waals surface area (Å²) in [4.78, 5) is 16.8. The number of phenols is 1. The Morgan fingerprint density at radius 1 is 1.22 bits per heavy atom. The molecule has 0 saturated carbocycles. The number of thioether (sulfide) groups is 1. The molecule has 0 radical (unpaired) electrons. The highest BCUT2D eigenvalue weighted by atomic mass is 127. The molecule has 1 heterocycles. The molecule has 0 spiro atoms. The molecule has 0 aromatic heterocycles. The van der Waals surface area contributed by atoms with Crippen LogP contribution in [0.1, 0.15) is 5.56 Å². The lowest BCUT2D eigenvalue weighted by Gasteiger charge is -1.99. The van der Waals surface area contributed by atoms with Gasteiger partial charge in [0.2, 0.25) is 0 Å². The summed E-state index contributed by atoms with van der Waals surface area (Å²) in [6, 6.07) is 10.8. The number of hydrogen-bond donors (Lipinski definition) is 2. The van der Waals surface area contributed by atoms with E-state index in [0.717, 1.165) is 5.56 Å². The molecule has 1 amide bonds. The molecule has 4 nitrogen and oxygen atoms in total. The van der Waals surface area contributed by atoms with Gasteiger partial charge in [0.15, 0.2) is 5.17 Å². The van der Waals surface area contributed by atoms with Crippen molar-refractivity contribution in [2.45, 2.75) is 0 Å². The maximum atomic E-state index is 12.9. The number of amidine groups is 1. The number of hydrogen-bond acceptors (Lipinski definition) is 4. The Bertz CT molecular complexity index is 834. The smallest absolute Gasteiger partial charge is 0.264 e. The van der Waals surface area contributed by atoms with Crippen LogP contribution in [0.25, 0.3) is 6.08 Å². The number of halogens is 2. The third-order valence-electron chi connectivity index (χ3n) is 2.98. The van der Waals surface area contributed by atoms with Crippen molar-refractivity contribution in [3.8, 4) is 5.75 Å². The number of benzene rings is 2. The van der Waals surface area contributed by atoms with Crippen molar-refractivity contribution in [2.75, 3.05) is 0 Å². The summed E-state index contributed by atoms with van der Waals surface area (Å²) < 4.78 is 13.6. The van der Waals surface area contributed by atoms with E-state index in [1.165, 1.54) is 23.9 Å². The quantitative estimate of drug-likeness (QED) is 0.548. The second kappa shape index (κ2) is 6.71. The number of carbonyl (C=O) groups excluding carboxylic acids is 1. The fourth-order valence-electron chi connectivity index (χ4n) is 1.88. The molecule has 1 aliphatic heterocycles. The van der Waals surface area contributed by atoms with Crippen LogP contribution in [0.5, 0.6) is 5.75 Å². The Balaban J connectivity index is 1.83. The number of aliphatic imine (C=N–C) groups is 1. The van der Waals surface area contributed by atoms with Crippen molar-refractivity contribution in [2.24, 2.45) is 4.99 Å². The molecular weight excluding hydrogens is 430 g/mol. The topological polar surface area (TPSA) is 61.7 Å². The maximum absolute atomic E-state index is 12.9. The van der Waals surface area contributed by atoms with E-state index in [9.17, 15) is 14.3 Å². The summed E-state index contributed by atoms with van der Waals surface area (Å²) in [5.41, 5.74) is 1.38. The van der Waals surface area contributed by atoms with E-state index in [2.05, 4.69) is 10.3 Å². The summed E-state index contributed by atoms with van der Waals surface area (Å²) in [5, 5.41) is 12.6. The Hall–Kier alpha value is -1.87. The molecule has 7 heteroatoms. The van der Waals surface area contributed by atoms with Crippen LogP contribution in [-0.4, -0.2) is 16.2 Å². The van der Waals surface area contributed by atoms with Gasteiger partial charge in [0.1, 0.15) is 11.6 Å². The van der Waals surface area contributed by atoms with Crippen LogP contribution in [0.3, 0.4) is 0 Å². The molecule has 0 unspecified atom stereocenters. The van der Waals surface area contributed by atoms with Gasteiger partial charge in [-0.25, -0.2) is 9.38 Å². The van der Waals surface area contributed by atoms with Crippen molar-refractivity contribution in [1.82, 2.24) is 5.32 Å². The minimum absolute atomic E-state index is 0.204. The number of nitrogens with one attached hydrogen (secondary N) is 1. The van der Waals surface area contributed by atoms with Gasteiger partial charge in [-0.05, 0) is 82.4 Å². The molecule has 116 valence electrons. The number of aromatic hydroxyl groups is 1. The molecule has 0 aliphatic carbocycles. The largest absolute Gasteiger partial charge is 0.507 e. The van der Waals surface area contributed by atoms with Crippen LogP contribution in [0.15, 0.2) is 52.4 Å². The first kappa shape index (κ1) is 16.0. The molecule has 0 atom stereocenters. The lowest BCUT2D eigenvalue weighted by Crippen LogP contribution is -2.19. The Kier molecular flexibility index (Phi) is 4.67. The normalized spacial score (nSPS) is 17.7. The fourth-order valence-corrected chi connectivity index (χ4v) is 3.26. The number of nitrogens with zero attached hydrogens (tertiary/aromatic N) is 1. The predicted molar refractivity (Wildman–Crippen MR) is 98.0 cm³/mol. The highest BCUT2D eigenvalue weighted by Gasteiger charge is 2.23. The predicted octanol–water partition coefficient (Wildman–Crippen LogP) is 4.03. The first-order valence-corrected chi connectivity index (χ1v) is 8.44. The van der Waals surface area contributed by atoms with Gasteiger partial charge in [-0.2, -0.15) is 0 Å². The molecule has 0 bridgehead atoms. The van der Waals surface area contributed by atoms with E-state index in [1.54, 1.807) is 36.4 Å². The number of carbonyl (C=O) groups is 1. The number of rotatable bonds is 2. The zero-order valence-corrected chi connectivity index (χ0v) is 14.6. The van der Waals surface area contributed by atoms with E-state index in [4.69, 9.17) is 0 Å². The molecule has 2 aromatic rings. The highest BCUT2D eigenvalue weighted by Crippen LogP contribution is 2.29. The van der Waals surface area contributed by atoms with Gasteiger partial charge >= 0.3 is 0 Å². The molecule has 1 aliphatic rings. The standard InChI is InChI=1S/C16H10FIN2O2S/c17-10-2-4-11(5-3-10)19-16-20-15(22)14(23-16)8-9-1-6-13(21)12(18)7-9/h1-8,21H,(H,19,20,22)/b14-8+. The third-order valence-corrected chi connectivity index (χ3v) is 4.75. The average molecular weight is 440 g/mol. The van der Waals surface area contributed by atoms with Crippen LogP contribution < -0.4 is 5.32 Å². The van der Waals surface area contributed by atoms with Crippen molar-refractivity contribution in [1.29, 1.82) is 0 Å². The molecular formula is C16H10FIN2O2S. The molecule has 1 fully saturated rings. The lowest BCUT2D eigenvalue weighted by atomic mass is 10.2. The van der Waals surface area contributed by atoms with Gasteiger partial charge in [-0.1, -0.05) is 6.07 Å². The third kappa shape index (κ3) is 3.91. The van der Waals surface area contributed by atoms with Crippen LogP contribution in [0, 0.1) is 9.39 Å². The Labute approximate surface area is 149 Å². The SMILES string of the molecule is O=C1NC(=Nc2ccc(F)cc2)S/C1=C/c1ccc(O)c(I)c1. The molecule has 1 saturated heterocycles. The van der Waals surface area contributed by atoms with Crippen molar-refractivity contribution >= 4 is 57.2 Å². The van der Waals surface area contributed by atoms with Gasteiger partial charge in [0.25, 0.3) is 5.91 Å². The number of phenolic OH excluding ortho intramolecular Hbond substituents is 1. The first-order chi connectivity index (χ1) is 11.0. The van der Waals surface area contributed by atoms with Gasteiger partial charge in [-0.15, -0.1) is 0 Å². The lowest BCUT2D eigenvalue weighted by molar-refractivity contribution is -0.115. The molecule has 3 rings (SSSR count). The Morgan fingerprint density at radius 2 is 1.96 bits per heavy atom. The summed E-state index contributed by atoms with van der Waals surface area (Å²) in [5.74, 6) is -0.367. The maximum Gasteiger partial charge on any atom is 0.264 e. The summed E-state index contributed by atoms with van der Waals surface area (Å²) >= 11 is 3.24. The second-order valence-electron chi connectivity index (χ2n) is 4.67. The Morgan fingerprint density at radius 3 is 2.65 bits per heavy atom. The molecule has 23 heavy (non-hydrogen) atoms. The monoisotopic (exact) mass is 440 g/mol. The van der Waals surface area contributed by atoms with Crippen LogP contribution >= 0.6 is 34.4 Å². The van der Waals surface area contributed by atoms with Crippen molar-refractivity contribution in [3.63, 3.8) is 0 Å². The van der Waals surface area contributed by atoms with Crippen molar-refractivity contribution < 1.29 is 14.3 Å². The van der Waals surface area contributed by atoms with E-state index < -0.39 is 0 Å². The van der Waals surface area contributed by atoms with Crippen LogP contribution in [-0.2, 0) is 4.79 Å². The van der Waals surface area contributed by atoms with Crippen LogP contribution in [0.2, 0.25) is 0 Å². The van der Waals surface area contributed by atoms with Gasteiger partial charge < -0.3 is 10.4 Å². The zero-order valence-electron chi connectivity index (χ0n) is 11.6. The average Bonchev–Trinajstić information content (AvgIpc) is 2.85.